The molecule has 1 N–H and O–H groups in total. The van der Waals surface area contributed by atoms with E-state index in [0.29, 0.717) is 4.47 Å². The number of thiazole rings is 1. The van der Waals surface area contributed by atoms with Crippen LogP contribution in [0.5, 0.6) is 0 Å². The SMILES string of the molecule is CCNC(c1ccc(Br)c(F)c1)c1nc2c(s1)CCCC2. The van der Waals surface area contributed by atoms with Crippen LogP contribution >= 0.6 is 27.3 Å². The average Bonchev–Trinajstić information content (AvgIpc) is 2.91. The largest absolute Gasteiger partial charge is 0.305 e. The van der Waals surface area contributed by atoms with E-state index in [1.807, 2.05) is 6.07 Å². The molecule has 3 rings (SSSR count). The Balaban J connectivity index is 1.96. The second-order valence-corrected chi connectivity index (χ2v) is 7.26. The molecule has 0 amide bonds. The number of rotatable bonds is 4. The summed E-state index contributed by atoms with van der Waals surface area (Å²) in [6.07, 6.45) is 4.71. The summed E-state index contributed by atoms with van der Waals surface area (Å²) in [5.74, 6) is -0.225. The molecule has 0 radical (unpaired) electrons. The Morgan fingerprint density at radius 3 is 2.90 bits per heavy atom. The van der Waals surface area contributed by atoms with Gasteiger partial charge >= 0.3 is 0 Å². The molecule has 21 heavy (non-hydrogen) atoms. The smallest absolute Gasteiger partial charge is 0.137 e. The molecule has 5 heteroatoms. The molecular formula is C16H18BrFN2S. The summed E-state index contributed by atoms with van der Waals surface area (Å²) in [6.45, 7) is 2.89. The van der Waals surface area contributed by atoms with Gasteiger partial charge in [-0.05, 0) is 65.9 Å². The van der Waals surface area contributed by atoms with Crippen LogP contribution in [0.1, 0.15) is 46.9 Å². The first kappa shape index (κ1) is 15.1. The minimum atomic E-state index is -0.225. The number of nitrogens with one attached hydrogen (secondary N) is 1. The first-order valence-electron chi connectivity index (χ1n) is 7.36. The number of fused-ring (bicyclic) bond motifs is 1. The molecule has 0 fully saturated rings. The molecule has 2 aromatic rings. The van der Waals surface area contributed by atoms with E-state index in [1.54, 1.807) is 23.5 Å². The van der Waals surface area contributed by atoms with E-state index in [4.69, 9.17) is 4.98 Å². The summed E-state index contributed by atoms with van der Waals surface area (Å²) in [6, 6.07) is 5.30. The molecule has 0 bridgehead atoms. The van der Waals surface area contributed by atoms with Gasteiger partial charge < -0.3 is 5.32 Å². The van der Waals surface area contributed by atoms with Crippen molar-refractivity contribution in [2.24, 2.45) is 0 Å². The zero-order chi connectivity index (χ0) is 14.8. The zero-order valence-electron chi connectivity index (χ0n) is 12.0. The molecule has 2 nitrogen and oxygen atoms in total. The van der Waals surface area contributed by atoms with Gasteiger partial charge in [0.15, 0.2) is 0 Å². The van der Waals surface area contributed by atoms with Crippen molar-refractivity contribution in [3.05, 3.63) is 49.6 Å². The molecule has 1 aliphatic rings. The first-order chi connectivity index (χ1) is 10.2. The molecule has 0 spiro atoms. The number of nitrogens with zero attached hydrogens (tertiary/aromatic N) is 1. The summed E-state index contributed by atoms with van der Waals surface area (Å²) < 4.78 is 14.3. The molecule has 0 saturated heterocycles. The quantitative estimate of drug-likeness (QED) is 0.851. The molecule has 1 heterocycles. The van der Waals surface area contributed by atoms with Crippen LogP contribution in [0.4, 0.5) is 4.39 Å². The molecule has 112 valence electrons. The van der Waals surface area contributed by atoms with Gasteiger partial charge in [-0.3, -0.25) is 0 Å². The topological polar surface area (TPSA) is 24.9 Å². The van der Waals surface area contributed by atoms with Crippen LogP contribution in [0.3, 0.4) is 0 Å². The summed E-state index contributed by atoms with van der Waals surface area (Å²) in [4.78, 5) is 6.23. The summed E-state index contributed by atoms with van der Waals surface area (Å²) in [5.41, 5.74) is 2.19. The number of halogens is 2. The third kappa shape index (κ3) is 3.20. The van der Waals surface area contributed by atoms with Gasteiger partial charge in [0.1, 0.15) is 10.8 Å². The van der Waals surface area contributed by atoms with Crippen molar-refractivity contribution < 1.29 is 4.39 Å². The van der Waals surface area contributed by atoms with Crippen LogP contribution in [0, 0.1) is 5.82 Å². The lowest BCUT2D eigenvalue weighted by Gasteiger charge is -2.16. The lowest BCUT2D eigenvalue weighted by atomic mass is 10.0. The second kappa shape index (κ2) is 6.55. The fourth-order valence-electron chi connectivity index (χ4n) is 2.74. The molecular weight excluding hydrogens is 351 g/mol. The minimum Gasteiger partial charge on any atom is -0.305 e. The van der Waals surface area contributed by atoms with E-state index < -0.39 is 0 Å². The Morgan fingerprint density at radius 1 is 1.38 bits per heavy atom. The van der Waals surface area contributed by atoms with E-state index in [-0.39, 0.29) is 11.9 Å². The van der Waals surface area contributed by atoms with Crippen molar-refractivity contribution >= 4 is 27.3 Å². The highest BCUT2D eigenvalue weighted by Crippen LogP contribution is 2.33. The maximum Gasteiger partial charge on any atom is 0.137 e. The summed E-state index contributed by atoms with van der Waals surface area (Å²) in [5, 5.41) is 4.50. The van der Waals surface area contributed by atoms with Gasteiger partial charge in [0.05, 0.1) is 16.2 Å². The van der Waals surface area contributed by atoms with Gasteiger partial charge in [-0.25, -0.2) is 9.37 Å². The van der Waals surface area contributed by atoms with Crippen molar-refractivity contribution in [1.82, 2.24) is 10.3 Å². The Kier molecular flexibility index (Phi) is 4.72. The lowest BCUT2D eigenvalue weighted by molar-refractivity contribution is 0.595. The molecule has 1 unspecified atom stereocenters. The van der Waals surface area contributed by atoms with Crippen LogP contribution in [-0.2, 0) is 12.8 Å². The van der Waals surface area contributed by atoms with Crippen LogP contribution in [0.2, 0.25) is 0 Å². The molecule has 0 saturated carbocycles. The predicted octanol–water partition coefficient (Wildman–Crippen LogP) is 4.62. The van der Waals surface area contributed by atoms with E-state index >= 15 is 0 Å². The highest BCUT2D eigenvalue weighted by molar-refractivity contribution is 9.10. The van der Waals surface area contributed by atoms with Crippen LogP contribution in [-0.4, -0.2) is 11.5 Å². The second-order valence-electron chi connectivity index (χ2n) is 5.29. The van der Waals surface area contributed by atoms with Gasteiger partial charge in [0, 0.05) is 4.88 Å². The predicted molar refractivity (Wildman–Crippen MR) is 88.4 cm³/mol. The molecule has 1 aromatic carbocycles. The number of hydrogen-bond donors (Lipinski definition) is 1. The van der Waals surface area contributed by atoms with Gasteiger partial charge in [-0.2, -0.15) is 0 Å². The third-order valence-electron chi connectivity index (χ3n) is 3.79. The van der Waals surface area contributed by atoms with Crippen molar-refractivity contribution in [3.8, 4) is 0 Å². The van der Waals surface area contributed by atoms with E-state index in [2.05, 4.69) is 28.2 Å². The Bertz CT molecular complexity index is 618. The van der Waals surface area contributed by atoms with Gasteiger partial charge in [-0.1, -0.05) is 13.0 Å². The highest BCUT2D eigenvalue weighted by Gasteiger charge is 2.22. The fourth-order valence-corrected chi connectivity index (χ4v) is 4.24. The lowest BCUT2D eigenvalue weighted by Crippen LogP contribution is -2.22. The molecule has 1 atom stereocenters. The zero-order valence-corrected chi connectivity index (χ0v) is 14.4. The monoisotopic (exact) mass is 368 g/mol. The van der Waals surface area contributed by atoms with E-state index in [0.717, 1.165) is 30.0 Å². The van der Waals surface area contributed by atoms with Crippen molar-refractivity contribution in [3.63, 3.8) is 0 Å². The van der Waals surface area contributed by atoms with Gasteiger partial charge in [0.25, 0.3) is 0 Å². The molecule has 1 aliphatic carbocycles. The third-order valence-corrected chi connectivity index (χ3v) is 5.66. The highest BCUT2D eigenvalue weighted by atomic mass is 79.9. The number of aromatic nitrogens is 1. The Hall–Kier alpha value is -0.780. The molecule has 0 aliphatic heterocycles. The van der Waals surface area contributed by atoms with Gasteiger partial charge in [0.2, 0.25) is 0 Å². The maximum absolute atomic E-state index is 13.8. The minimum absolute atomic E-state index is 0.0202. The van der Waals surface area contributed by atoms with Crippen LogP contribution in [0.25, 0.3) is 0 Å². The van der Waals surface area contributed by atoms with Crippen molar-refractivity contribution in [2.75, 3.05) is 6.54 Å². The molecule has 1 aromatic heterocycles. The normalized spacial score (nSPS) is 15.8. The number of hydrogen-bond acceptors (Lipinski definition) is 3. The summed E-state index contributed by atoms with van der Waals surface area (Å²) in [7, 11) is 0. The number of benzene rings is 1. The van der Waals surface area contributed by atoms with Gasteiger partial charge in [-0.15, -0.1) is 11.3 Å². The Labute approximate surface area is 136 Å². The van der Waals surface area contributed by atoms with E-state index in [9.17, 15) is 4.39 Å². The first-order valence-corrected chi connectivity index (χ1v) is 8.96. The van der Waals surface area contributed by atoms with Crippen molar-refractivity contribution in [1.29, 1.82) is 0 Å². The van der Waals surface area contributed by atoms with Crippen LogP contribution < -0.4 is 5.32 Å². The van der Waals surface area contributed by atoms with Crippen molar-refractivity contribution in [2.45, 2.75) is 38.6 Å². The summed E-state index contributed by atoms with van der Waals surface area (Å²) >= 11 is 4.99. The Morgan fingerprint density at radius 2 is 2.19 bits per heavy atom. The van der Waals surface area contributed by atoms with Crippen LogP contribution in [0.15, 0.2) is 22.7 Å². The number of aryl methyl sites for hydroxylation is 2. The fraction of sp³-hybridized carbons (Fsp3) is 0.438. The maximum atomic E-state index is 13.8. The standard InChI is InChI=1S/C16H18BrFN2S/c1-2-19-15(10-7-8-11(17)12(18)9-10)16-20-13-5-3-4-6-14(13)21-16/h7-9,15,19H,2-6H2,1H3. The van der Waals surface area contributed by atoms with E-state index in [1.165, 1.54) is 23.4 Å². The average molecular weight is 369 g/mol.